The smallest absolute Gasteiger partial charge is 0.00747 e. The van der Waals surface area contributed by atoms with E-state index in [1.165, 1.54) is 57.9 Å². The third-order valence-corrected chi connectivity index (χ3v) is 5.37. The van der Waals surface area contributed by atoms with Gasteiger partial charge in [-0.15, -0.1) is 0 Å². The Labute approximate surface area is 120 Å². The van der Waals surface area contributed by atoms with E-state index in [0.717, 1.165) is 23.8 Å². The Morgan fingerprint density at radius 2 is 1.74 bits per heavy atom. The third-order valence-electron chi connectivity index (χ3n) is 5.37. The fourth-order valence-electron chi connectivity index (χ4n) is 4.84. The van der Waals surface area contributed by atoms with E-state index in [1.54, 1.807) is 0 Å². The van der Waals surface area contributed by atoms with Crippen LogP contribution >= 0.6 is 0 Å². The lowest BCUT2D eigenvalue weighted by atomic mass is 9.62. The van der Waals surface area contributed by atoms with E-state index in [9.17, 15) is 0 Å². The minimum absolute atomic E-state index is 0.711. The van der Waals surface area contributed by atoms with Crippen LogP contribution in [0.3, 0.4) is 0 Å². The molecule has 2 rings (SSSR count). The molecule has 1 spiro atoms. The first-order valence-electron chi connectivity index (χ1n) is 8.72. The Balaban J connectivity index is 1.93. The fourth-order valence-corrected chi connectivity index (χ4v) is 4.84. The van der Waals surface area contributed by atoms with Crippen LogP contribution in [0.25, 0.3) is 0 Å². The Morgan fingerprint density at radius 1 is 1.00 bits per heavy atom. The van der Waals surface area contributed by atoms with Crippen molar-refractivity contribution < 1.29 is 0 Å². The normalized spacial score (nSPS) is 36.3. The molecule has 3 atom stereocenters. The molecule has 0 radical (unpaired) electrons. The van der Waals surface area contributed by atoms with Gasteiger partial charge in [-0.2, -0.15) is 0 Å². The predicted molar refractivity (Wildman–Crippen MR) is 84.3 cm³/mol. The molecule has 1 heteroatoms. The zero-order valence-electron chi connectivity index (χ0n) is 13.7. The van der Waals surface area contributed by atoms with Crippen molar-refractivity contribution in [3.05, 3.63) is 0 Å². The lowest BCUT2D eigenvalue weighted by molar-refractivity contribution is 0.0633. The van der Waals surface area contributed by atoms with Gasteiger partial charge in [0.15, 0.2) is 0 Å². The van der Waals surface area contributed by atoms with Crippen LogP contribution in [0.4, 0.5) is 0 Å². The van der Waals surface area contributed by atoms with Gasteiger partial charge in [-0.3, -0.25) is 0 Å². The Morgan fingerprint density at radius 3 is 2.42 bits per heavy atom. The highest BCUT2D eigenvalue weighted by Gasteiger charge is 2.40. The zero-order valence-corrected chi connectivity index (χ0v) is 13.7. The van der Waals surface area contributed by atoms with Gasteiger partial charge >= 0.3 is 0 Å². The van der Waals surface area contributed by atoms with Crippen LogP contribution in [0.5, 0.6) is 0 Å². The molecule has 0 aromatic carbocycles. The molecule has 3 unspecified atom stereocenters. The number of hydrogen-bond acceptors (Lipinski definition) is 1. The zero-order chi connectivity index (χ0) is 13.9. The van der Waals surface area contributed by atoms with Crippen molar-refractivity contribution >= 4 is 0 Å². The second-order valence-electron chi connectivity index (χ2n) is 8.33. The van der Waals surface area contributed by atoms with Crippen molar-refractivity contribution in [3.63, 3.8) is 0 Å². The molecular formula is C18H35N. The molecule has 1 heterocycles. The molecule has 0 amide bonds. The van der Waals surface area contributed by atoms with Gasteiger partial charge in [0.05, 0.1) is 0 Å². The third kappa shape index (κ3) is 4.48. The second kappa shape index (κ2) is 6.61. The molecule has 1 saturated carbocycles. The van der Waals surface area contributed by atoms with Crippen molar-refractivity contribution in [2.24, 2.45) is 23.2 Å². The highest BCUT2D eigenvalue weighted by atomic mass is 14.9. The van der Waals surface area contributed by atoms with Crippen LogP contribution in [-0.4, -0.2) is 12.6 Å². The van der Waals surface area contributed by atoms with Crippen LogP contribution in [0.15, 0.2) is 0 Å². The summed E-state index contributed by atoms with van der Waals surface area (Å²) in [6, 6.07) is 0.798. The molecule has 1 aliphatic heterocycles. The van der Waals surface area contributed by atoms with Gasteiger partial charge in [-0.05, 0) is 68.2 Å². The van der Waals surface area contributed by atoms with Crippen LogP contribution in [0, 0.1) is 23.2 Å². The average molecular weight is 265 g/mol. The van der Waals surface area contributed by atoms with E-state index in [1.807, 2.05) is 0 Å². The highest BCUT2D eigenvalue weighted by Crippen LogP contribution is 2.48. The quantitative estimate of drug-likeness (QED) is 0.753. The lowest BCUT2D eigenvalue weighted by Gasteiger charge is -2.47. The molecule has 0 bridgehead atoms. The number of nitrogens with one attached hydrogen (secondary N) is 1. The predicted octanol–water partition coefficient (Wildman–Crippen LogP) is 5.01. The average Bonchev–Trinajstić information content (AvgIpc) is 2.27. The Kier molecular flexibility index (Phi) is 5.34. The maximum absolute atomic E-state index is 3.78. The topological polar surface area (TPSA) is 12.0 Å². The summed E-state index contributed by atoms with van der Waals surface area (Å²) in [5, 5.41) is 3.78. The monoisotopic (exact) mass is 265 g/mol. The van der Waals surface area contributed by atoms with Gasteiger partial charge in [0.2, 0.25) is 0 Å². The summed E-state index contributed by atoms with van der Waals surface area (Å²) in [5.74, 6) is 2.74. The molecule has 2 aliphatic rings. The highest BCUT2D eigenvalue weighted by molar-refractivity contribution is 4.94. The first-order chi connectivity index (χ1) is 8.99. The summed E-state index contributed by atoms with van der Waals surface area (Å²) in [5.41, 5.74) is 0.711. The standard InChI is InChI=1S/C18H35N/c1-14(2)10-16-6-5-7-18(12-16)8-9-19-17(13-18)11-15(3)4/h14-17,19H,5-13H2,1-4H3. The number of rotatable bonds is 4. The van der Waals surface area contributed by atoms with Gasteiger partial charge in [0, 0.05) is 6.04 Å². The maximum atomic E-state index is 3.78. The molecule has 2 fully saturated rings. The van der Waals surface area contributed by atoms with Crippen molar-refractivity contribution in [2.75, 3.05) is 6.54 Å². The van der Waals surface area contributed by atoms with Gasteiger partial charge in [-0.1, -0.05) is 40.5 Å². The molecule has 112 valence electrons. The van der Waals surface area contributed by atoms with E-state index in [0.29, 0.717) is 5.41 Å². The van der Waals surface area contributed by atoms with E-state index in [2.05, 4.69) is 33.0 Å². The van der Waals surface area contributed by atoms with Gasteiger partial charge in [0.1, 0.15) is 0 Å². The summed E-state index contributed by atoms with van der Waals surface area (Å²) in [4.78, 5) is 0. The molecule has 0 aromatic heterocycles. The first-order valence-corrected chi connectivity index (χ1v) is 8.72. The molecule has 1 aliphatic carbocycles. The molecule has 1 N–H and O–H groups in total. The van der Waals surface area contributed by atoms with E-state index in [4.69, 9.17) is 0 Å². The van der Waals surface area contributed by atoms with Crippen molar-refractivity contribution in [1.29, 1.82) is 0 Å². The lowest BCUT2D eigenvalue weighted by Crippen LogP contribution is -2.46. The van der Waals surface area contributed by atoms with Gasteiger partial charge < -0.3 is 5.32 Å². The minimum Gasteiger partial charge on any atom is -0.314 e. The summed E-state index contributed by atoms with van der Waals surface area (Å²) in [6.07, 6.45) is 11.8. The van der Waals surface area contributed by atoms with Crippen molar-refractivity contribution in [3.8, 4) is 0 Å². The Bertz CT molecular complexity index is 241. The van der Waals surface area contributed by atoms with Crippen molar-refractivity contribution in [2.45, 2.75) is 85.1 Å². The van der Waals surface area contributed by atoms with Gasteiger partial charge in [-0.25, -0.2) is 0 Å². The van der Waals surface area contributed by atoms with E-state index in [-0.39, 0.29) is 0 Å². The second-order valence-corrected chi connectivity index (χ2v) is 8.33. The van der Waals surface area contributed by atoms with E-state index < -0.39 is 0 Å². The minimum atomic E-state index is 0.711. The molecule has 1 saturated heterocycles. The van der Waals surface area contributed by atoms with Gasteiger partial charge in [0.25, 0.3) is 0 Å². The molecule has 19 heavy (non-hydrogen) atoms. The molecule has 0 aromatic rings. The molecular weight excluding hydrogens is 230 g/mol. The summed E-state index contributed by atoms with van der Waals surface area (Å²) >= 11 is 0. The fraction of sp³-hybridized carbons (Fsp3) is 1.00. The maximum Gasteiger partial charge on any atom is 0.00747 e. The number of hydrogen-bond donors (Lipinski definition) is 1. The Hall–Kier alpha value is -0.0400. The van der Waals surface area contributed by atoms with Crippen LogP contribution < -0.4 is 5.32 Å². The number of piperidine rings is 1. The summed E-state index contributed by atoms with van der Waals surface area (Å²) in [7, 11) is 0. The summed E-state index contributed by atoms with van der Waals surface area (Å²) in [6.45, 7) is 10.8. The SMILES string of the molecule is CC(C)CC1CCCC2(CCNC(CC(C)C)C2)C1. The molecule has 1 nitrogen and oxygen atoms in total. The van der Waals surface area contributed by atoms with Crippen molar-refractivity contribution in [1.82, 2.24) is 5.32 Å². The van der Waals surface area contributed by atoms with Crippen LogP contribution in [0.1, 0.15) is 79.1 Å². The summed E-state index contributed by atoms with van der Waals surface area (Å²) < 4.78 is 0. The van der Waals surface area contributed by atoms with Crippen LogP contribution in [-0.2, 0) is 0 Å². The van der Waals surface area contributed by atoms with Crippen LogP contribution in [0.2, 0.25) is 0 Å². The first kappa shape index (κ1) is 15.4. The van der Waals surface area contributed by atoms with E-state index >= 15 is 0 Å². The largest absolute Gasteiger partial charge is 0.314 e.